The van der Waals surface area contributed by atoms with Crippen LogP contribution in [0.4, 0.5) is 9.18 Å². The molecule has 4 aromatic rings. The number of likely N-dealkylation sites (tertiary alicyclic amines) is 1. The SMILES string of the molecule is CC[C@@]1(O)C(=O)OCc2c1cc1n(c2=O)Cc2c-1nc1cc(F)c(C)c3c1c2[C@@H](NC(=O)OCCNC(=O)CCC(=O)[C@H](Cc1ccccc1)NC(=O)CCC(=O)CNC(=O)CCCCCN1C(=O)CC(C)C1=O)CC3. The van der Waals surface area contributed by atoms with E-state index in [-0.39, 0.29) is 125 Å². The molecule has 0 saturated carbocycles. The number of halogens is 1. The van der Waals surface area contributed by atoms with Crippen LogP contribution in [0, 0.1) is 18.7 Å². The van der Waals surface area contributed by atoms with Crippen LogP contribution in [0.15, 0.2) is 47.3 Å². The molecule has 2 aromatic heterocycles. The molecule has 5 heterocycles. The number of carbonyl (C=O) groups is 9. The van der Waals surface area contributed by atoms with Crippen LogP contribution in [0.3, 0.4) is 0 Å². The highest BCUT2D eigenvalue weighted by atomic mass is 19.1. The number of aromatic nitrogens is 2. The maximum absolute atomic E-state index is 15.4. The van der Waals surface area contributed by atoms with E-state index in [9.17, 15) is 53.1 Å². The smallest absolute Gasteiger partial charge is 0.407 e. The van der Waals surface area contributed by atoms with E-state index in [0.29, 0.717) is 77.6 Å². The number of ether oxygens (including phenoxy) is 2. The first-order valence-corrected chi connectivity index (χ1v) is 25.9. The van der Waals surface area contributed by atoms with Crippen molar-refractivity contribution in [3.8, 4) is 11.4 Å². The van der Waals surface area contributed by atoms with Gasteiger partial charge < -0.3 is 40.4 Å². The number of cyclic esters (lactones) is 1. The lowest BCUT2D eigenvalue weighted by atomic mass is 9.81. The predicted octanol–water partition coefficient (Wildman–Crippen LogP) is 3.85. The van der Waals surface area contributed by atoms with Crippen LogP contribution < -0.4 is 26.8 Å². The molecule has 0 spiro atoms. The molecular formula is C55H62FN7O13. The summed E-state index contributed by atoms with van der Waals surface area (Å²) in [5.74, 6) is -4.21. The number of imide groups is 1. The Balaban J connectivity index is 0.800. The van der Waals surface area contributed by atoms with Gasteiger partial charge in [0.05, 0.1) is 54.2 Å². The van der Waals surface area contributed by atoms with Crippen LogP contribution in [0.25, 0.3) is 22.3 Å². The van der Waals surface area contributed by atoms with Gasteiger partial charge in [-0.3, -0.25) is 43.3 Å². The number of nitrogens with one attached hydrogen (secondary N) is 4. The molecule has 76 heavy (non-hydrogen) atoms. The topological polar surface area (TPSA) is 279 Å². The number of aliphatic hydroxyl groups is 1. The zero-order chi connectivity index (χ0) is 54.4. The van der Waals surface area contributed by atoms with Gasteiger partial charge in [0.2, 0.25) is 29.5 Å². The normalized spacial score (nSPS) is 18.5. The number of amides is 6. The van der Waals surface area contributed by atoms with Gasteiger partial charge in [-0.15, -0.1) is 0 Å². The molecular weight excluding hydrogens is 986 g/mol. The molecule has 21 heteroatoms. The second kappa shape index (κ2) is 23.5. The molecule has 4 atom stereocenters. The summed E-state index contributed by atoms with van der Waals surface area (Å²) in [4.78, 5) is 135. The number of benzene rings is 2. The number of ketones is 2. The first-order valence-electron chi connectivity index (χ1n) is 25.9. The van der Waals surface area contributed by atoms with Crippen molar-refractivity contribution in [3.63, 3.8) is 0 Å². The number of rotatable bonds is 23. The van der Waals surface area contributed by atoms with Gasteiger partial charge in [-0.25, -0.2) is 19.0 Å². The predicted molar refractivity (Wildman–Crippen MR) is 270 cm³/mol. The molecule has 8 rings (SSSR count). The van der Waals surface area contributed by atoms with E-state index in [0.717, 1.165) is 11.1 Å². The number of carbonyl (C=O) groups excluding carboxylic acids is 9. The zero-order valence-electron chi connectivity index (χ0n) is 42.8. The number of nitrogens with zero attached hydrogens (tertiary/aromatic N) is 3. The molecule has 20 nitrogen and oxygen atoms in total. The highest BCUT2D eigenvalue weighted by Crippen LogP contribution is 2.46. The van der Waals surface area contributed by atoms with Crippen LogP contribution in [-0.2, 0) is 79.4 Å². The van der Waals surface area contributed by atoms with Crippen molar-refractivity contribution >= 4 is 64.1 Å². The Morgan fingerprint density at radius 1 is 0.921 bits per heavy atom. The molecule has 4 aliphatic rings. The van der Waals surface area contributed by atoms with Gasteiger partial charge in [-0.1, -0.05) is 50.6 Å². The fourth-order valence-electron chi connectivity index (χ4n) is 10.5. The van der Waals surface area contributed by atoms with E-state index < -0.39 is 58.7 Å². The summed E-state index contributed by atoms with van der Waals surface area (Å²) >= 11 is 0. The minimum Gasteiger partial charge on any atom is -0.458 e. The average Bonchev–Trinajstić information content (AvgIpc) is 3.97. The summed E-state index contributed by atoms with van der Waals surface area (Å²) in [5, 5.41) is 22.8. The molecule has 2 aromatic carbocycles. The van der Waals surface area contributed by atoms with Crippen LogP contribution in [0.1, 0.15) is 129 Å². The number of hydrogen-bond acceptors (Lipinski definition) is 14. The van der Waals surface area contributed by atoms with E-state index in [4.69, 9.17) is 14.5 Å². The molecule has 402 valence electrons. The third-order valence-corrected chi connectivity index (χ3v) is 14.8. The largest absolute Gasteiger partial charge is 0.458 e. The van der Waals surface area contributed by atoms with Gasteiger partial charge >= 0.3 is 12.1 Å². The molecule has 0 bridgehead atoms. The Kier molecular flexibility index (Phi) is 16.9. The van der Waals surface area contributed by atoms with Gasteiger partial charge in [0, 0.05) is 73.6 Å². The second-order valence-corrected chi connectivity index (χ2v) is 19.9. The van der Waals surface area contributed by atoms with Gasteiger partial charge in [0.15, 0.2) is 17.2 Å². The van der Waals surface area contributed by atoms with Crippen LogP contribution >= 0.6 is 0 Å². The number of esters is 1. The minimum absolute atomic E-state index is 0.0470. The average molecular weight is 1050 g/mol. The first-order chi connectivity index (χ1) is 36.4. The fourth-order valence-corrected chi connectivity index (χ4v) is 10.5. The van der Waals surface area contributed by atoms with Gasteiger partial charge in [0.1, 0.15) is 19.0 Å². The van der Waals surface area contributed by atoms with E-state index in [1.54, 1.807) is 57.2 Å². The third kappa shape index (κ3) is 11.7. The minimum atomic E-state index is -2.05. The standard InChI is InChI=1S/C55H62FN7O13/c1-4-55(74)37-25-42-50-35(28-63(42)52(71)36(37)29-76-53(55)72)49-39(16-15-34-31(3)38(56)26-41(60-50)48(34)49)61-54(73)75-22-20-57-45(67)19-17-43(65)40(24-32-11-7-5-8-12-32)59-46(68)18-14-33(64)27-58-44(66)13-9-6-10-21-62-47(69)23-30(2)51(62)70/h5,7-8,11-12,25-26,30,39-40,74H,4,6,9-10,13-24,27-29H2,1-3H3,(H,57,67)(H,58,66)(H,59,68)(H,61,73)/t30?,39-,40-,55-/m0/s1. The van der Waals surface area contributed by atoms with Crippen molar-refractivity contribution in [2.75, 3.05) is 26.2 Å². The molecule has 5 N–H and O–H groups in total. The summed E-state index contributed by atoms with van der Waals surface area (Å²) in [5.41, 5.74) is 1.90. The Morgan fingerprint density at radius 2 is 1.67 bits per heavy atom. The number of fused-ring (bicyclic) bond motifs is 5. The van der Waals surface area contributed by atoms with E-state index in [1.807, 2.05) is 0 Å². The Hall–Kier alpha value is -7.68. The highest BCUT2D eigenvalue weighted by Gasteiger charge is 2.46. The van der Waals surface area contributed by atoms with Crippen LogP contribution in [0.2, 0.25) is 0 Å². The lowest BCUT2D eigenvalue weighted by Crippen LogP contribution is -2.44. The van der Waals surface area contributed by atoms with Gasteiger partial charge in [0.25, 0.3) is 5.56 Å². The van der Waals surface area contributed by atoms with E-state index in [1.165, 1.54) is 15.5 Å². The molecule has 3 aliphatic heterocycles. The van der Waals surface area contributed by atoms with Crippen molar-refractivity contribution in [1.29, 1.82) is 0 Å². The van der Waals surface area contributed by atoms with E-state index in [2.05, 4.69) is 21.3 Å². The number of Topliss-reactive ketones (excluding diaryl/α,β-unsaturated/α-hetero) is 2. The van der Waals surface area contributed by atoms with Crippen LogP contribution in [-0.4, -0.2) is 105 Å². The first kappa shape index (κ1) is 54.6. The Labute approximate surface area is 436 Å². The zero-order valence-corrected chi connectivity index (χ0v) is 42.8. The fraction of sp³-hybridized carbons (Fsp3) is 0.473. The summed E-state index contributed by atoms with van der Waals surface area (Å²) in [6, 6.07) is 10.2. The van der Waals surface area contributed by atoms with Crippen molar-refractivity contribution in [1.82, 2.24) is 35.7 Å². The molecule has 1 fully saturated rings. The lowest BCUT2D eigenvalue weighted by molar-refractivity contribution is -0.172. The van der Waals surface area contributed by atoms with Crippen molar-refractivity contribution in [2.24, 2.45) is 5.92 Å². The van der Waals surface area contributed by atoms with E-state index >= 15 is 4.39 Å². The quantitative estimate of drug-likeness (QED) is 0.0353. The molecule has 1 aliphatic carbocycles. The Morgan fingerprint density at radius 3 is 2.41 bits per heavy atom. The number of pyridine rings is 2. The summed E-state index contributed by atoms with van der Waals surface area (Å²) in [6.45, 7) is 4.44. The van der Waals surface area contributed by atoms with Gasteiger partial charge in [-0.05, 0) is 73.8 Å². The monoisotopic (exact) mass is 1050 g/mol. The molecule has 0 radical (unpaired) electrons. The lowest BCUT2D eigenvalue weighted by Gasteiger charge is -2.31. The summed E-state index contributed by atoms with van der Waals surface area (Å²) in [6.07, 6.45) is 1.20. The maximum atomic E-state index is 15.4. The van der Waals surface area contributed by atoms with Crippen molar-refractivity contribution < 1.29 is 62.1 Å². The maximum Gasteiger partial charge on any atom is 0.407 e. The molecule has 1 unspecified atom stereocenters. The summed E-state index contributed by atoms with van der Waals surface area (Å²) < 4.78 is 27.5. The highest BCUT2D eigenvalue weighted by molar-refractivity contribution is 6.03. The van der Waals surface area contributed by atoms with Crippen molar-refractivity contribution in [3.05, 3.63) is 97.6 Å². The Bertz CT molecular complexity index is 3090. The number of unbranched alkanes of at least 4 members (excludes halogenated alkanes) is 2. The van der Waals surface area contributed by atoms with Crippen LogP contribution in [0.5, 0.6) is 0 Å². The molecule has 6 amide bonds. The third-order valence-electron chi connectivity index (χ3n) is 14.8. The summed E-state index contributed by atoms with van der Waals surface area (Å²) in [7, 11) is 0. The van der Waals surface area contributed by atoms with Gasteiger partial charge in [-0.2, -0.15) is 0 Å². The number of aryl methyl sites for hydroxylation is 1. The van der Waals surface area contributed by atoms with Crippen molar-refractivity contribution in [2.45, 2.75) is 135 Å². The number of alkyl carbamates (subject to hydrolysis) is 1. The second-order valence-electron chi connectivity index (χ2n) is 19.9. The molecule has 1 saturated heterocycles. The number of hydrogen-bond donors (Lipinski definition) is 5.